The van der Waals surface area contributed by atoms with Gasteiger partial charge in [0.1, 0.15) is 0 Å². The molecule has 30 heavy (non-hydrogen) atoms. The van der Waals surface area contributed by atoms with Crippen molar-refractivity contribution in [1.82, 2.24) is 10.2 Å². The first kappa shape index (κ1) is 20.5. The highest BCUT2D eigenvalue weighted by Crippen LogP contribution is 2.24. The van der Waals surface area contributed by atoms with E-state index in [9.17, 15) is 9.59 Å². The number of anilines is 2. The van der Waals surface area contributed by atoms with Crippen LogP contribution in [0.2, 0.25) is 5.02 Å². The number of carbonyl (C=O) groups excluding carboxylic acids is 2. The summed E-state index contributed by atoms with van der Waals surface area (Å²) in [5, 5.41) is 3.77. The Morgan fingerprint density at radius 3 is 2.47 bits per heavy atom. The predicted octanol–water partition coefficient (Wildman–Crippen LogP) is 3.59. The summed E-state index contributed by atoms with van der Waals surface area (Å²) in [6.45, 7) is 7.40. The topological polar surface area (TPSA) is 55.9 Å². The Labute approximate surface area is 182 Å². The summed E-state index contributed by atoms with van der Waals surface area (Å²) >= 11 is 6.09. The second-order valence-corrected chi connectivity index (χ2v) is 8.51. The van der Waals surface area contributed by atoms with Gasteiger partial charge in [-0.2, -0.15) is 0 Å². The molecule has 0 bridgehead atoms. The lowest BCUT2D eigenvalue weighted by atomic mass is 10.1. The molecule has 6 nitrogen and oxygen atoms in total. The highest BCUT2D eigenvalue weighted by molar-refractivity contribution is 6.30. The minimum atomic E-state index is -0.169. The van der Waals surface area contributed by atoms with Crippen LogP contribution in [0, 0.1) is 13.8 Å². The zero-order chi connectivity index (χ0) is 21.3. The zero-order valence-electron chi connectivity index (χ0n) is 17.4. The van der Waals surface area contributed by atoms with E-state index in [0.29, 0.717) is 31.1 Å². The third-order valence-corrected chi connectivity index (χ3v) is 6.23. The minimum absolute atomic E-state index is 0.0503. The molecule has 2 aliphatic heterocycles. The van der Waals surface area contributed by atoms with E-state index < -0.39 is 0 Å². The van der Waals surface area contributed by atoms with E-state index in [4.69, 9.17) is 11.6 Å². The summed E-state index contributed by atoms with van der Waals surface area (Å²) in [5.74, 6) is 0.0503. The summed E-state index contributed by atoms with van der Waals surface area (Å²) in [7, 11) is 0. The molecule has 0 aliphatic carbocycles. The molecule has 2 fully saturated rings. The van der Waals surface area contributed by atoms with Gasteiger partial charge in [-0.15, -0.1) is 0 Å². The van der Waals surface area contributed by atoms with E-state index in [1.54, 1.807) is 4.90 Å². The average molecular weight is 427 g/mol. The van der Waals surface area contributed by atoms with E-state index >= 15 is 0 Å². The maximum absolute atomic E-state index is 12.7. The van der Waals surface area contributed by atoms with E-state index in [0.717, 1.165) is 30.0 Å². The summed E-state index contributed by atoms with van der Waals surface area (Å²) in [4.78, 5) is 31.1. The Bertz CT molecular complexity index is 956. The second-order valence-electron chi connectivity index (χ2n) is 8.08. The van der Waals surface area contributed by atoms with Gasteiger partial charge >= 0.3 is 6.03 Å². The van der Waals surface area contributed by atoms with Crippen LogP contribution in [-0.2, 0) is 4.79 Å². The Morgan fingerprint density at radius 1 is 1.00 bits per heavy atom. The summed E-state index contributed by atoms with van der Waals surface area (Å²) in [6, 6.07) is 13.6. The van der Waals surface area contributed by atoms with Crippen molar-refractivity contribution in [3.63, 3.8) is 0 Å². The number of hydrogen-bond acceptors (Lipinski definition) is 3. The molecule has 2 saturated heterocycles. The van der Waals surface area contributed by atoms with Crippen LogP contribution in [0.25, 0.3) is 0 Å². The number of amides is 3. The largest absolute Gasteiger partial charge is 0.368 e. The molecule has 0 spiro atoms. The molecular weight excluding hydrogens is 400 g/mol. The van der Waals surface area contributed by atoms with Crippen LogP contribution in [0.3, 0.4) is 0 Å². The SMILES string of the molecule is Cc1ccc(N2C[C@@H](NC(=O)N3CCN(c4cccc(Cl)c4)CC3)CC2=O)cc1C. The Hall–Kier alpha value is -2.73. The van der Waals surface area contributed by atoms with Crippen LogP contribution in [0.5, 0.6) is 0 Å². The molecule has 0 radical (unpaired) electrons. The Balaban J connectivity index is 1.31. The number of hydrogen-bond donors (Lipinski definition) is 1. The van der Waals surface area contributed by atoms with Crippen LogP contribution < -0.4 is 15.1 Å². The second kappa shape index (κ2) is 8.56. The fourth-order valence-corrected chi connectivity index (χ4v) is 4.24. The summed E-state index contributed by atoms with van der Waals surface area (Å²) < 4.78 is 0. The van der Waals surface area contributed by atoms with Gasteiger partial charge in [0.25, 0.3) is 0 Å². The average Bonchev–Trinajstić information content (AvgIpc) is 3.10. The fourth-order valence-electron chi connectivity index (χ4n) is 4.05. The number of aryl methyl sites for hydroxylation is 2. The van der Waals surface area contributed by atoms with Crippen molar-refractivity contribution in [2.75, 3.05) is 42.5 Å². The summed E-state index contributed by atoms with van der Waals surface area (Å²) in [6.07, 6.45) is 0.334. The van der Waals surface area contributed by atoms with Crippen molar-refractivity contribution in [2.45, 2.75) is 26.3 Å². The standard InChI is InChI=1S/C23H27ClN4O2/c1-16-6-7-21(12-17(16)2)28-15-19(14-22(28)29)25-23(30)27-10-8-26(9-11-27)20-5-3-4-18(24)13-20/h3-7,12-13,19H,8-11,14-15H2,1-2H3,(H,25,30)/t19-/m0/s1. The van der Waals surface area contributed by atoms with Gasteiger partial charge in [-0.1, -0.05) is 23.7 Å². The number of nitrogens with zero attached hydrogens (tertiary/aromatic N) is 3. The number of carbonyl (C=O) groups is 2. The van der Waals surface area contributed by atoms with Gasteiger partial charge in [0.15, 0.2) is 0 Å². The molecule has 0 unspecified atom stereocenters. The van der Waals surface area contributed by atoms with Crippen LogP contribution in [0.4, 0.5) is 16.2 Å². The Kier molecular flexibility index (Phi) is 5.86. The van der Waals surface area contributed by atoms with Crippen molar-refractivity contribution in [3.05, 3.63) is 58.6 Å². The molecule has 2 aliphatic rings. The first-order valence-corrected chi connectivity index (χ1v) is 10.7. The molecule has 3 amide bonds. The van der Waals surface area contributed by atoms with Gasteiger partial charge < -0.3 is 20.0 Å². The molecule has 158 valence electrons. The molecule has 7 heteroatoms. The third kappa shape index (κ3) is 4.38. The fraction of sp³-hybridized carbons (Fsp3) is 0.391. The van der Waals surface area contributed by atoms with Gasteiger partial charge in [-0.05, 0) is 55.3 Å². The van der Waals surface area contributed by atoms with Crippen LogP contribution >= 0.6 is 11.6 Å². The highest BCUT2D eigenvalue weighted by Gasteiger charge is 2.33. The molecule has 1 N–H and O–H groups in total. The zero-order valence-corrected chi connectivity index (χ0v) is 18.2. The van der Waals surface area contributed by atoms with Crippen molar-refractivity contribution >= 4 is 34.9 Å². The van der Waals surface area contributed by atoms with E-state index in [2.05, 4.69) is 17.1 Å². The van der Waals surface area contributed by atoms with Gasteiger partial charge in [0.05, 0.1) is 6.04 Å². The van der Waals surface area contributed by atoms with Gasteiger partial charge in [-0.25, -0.2) is 4.79 Å². The lowest BCUT2D eigenvalue weighted by molar-refractivity contribution is -0.117. The van der Waals surface area contributed by atoms with E-state index in [1.165, 1.54) is 5.56 Å². The summed E-state index contributed by atoms with van der Waals surface area (Å²) in [5.41, 5.74) is 4.33. The Morgan fingerprint density at radius 2 is 1.77 bits per heavy atom. The number of nitrogens with one attached hydrogen (secondary N) is 1. The van der Waals surface area contributed by atoms with Crippen molar-refractivity contribution < 1.29 is 9.59 Å². The van der Waals surface area contributed by atoms with Gasteiger partial charge in [-0.3, -0.25) is 4.79 Å². The molecule has 0 saturated carbocycles. The number of rotatable bonds is 3. The van der Waals surface area contributed by atoms with Gasteiger partial charge in [0.2, 0.25) is 5.91 Å². The van der Waals surface area contributed by atoms with Crippen molar-refractivity contribution in [1.29, 1.82) is 0 Å². The molecule has 0 aromatic heterocycles. The monoisotopic (exact) mass is 426 g/mol. The smallest absolute Gasteiger partial charge is 0.317 e. The minimum Gasteiger partial charge on any atom is -0.368 e. The molecule has 2 aromatic carbocycles. The number of urea groups is 1. The quantitative estimate of drug-likeness (QED) is 0.815. The van der Waals surface area contributed by atoms with Crippen molar-refractivity contribution in [3.8, 4) is 0 Å². The van der Waals surface area contributed by atoms with Crippen LogP contribution in [0.1, 0.15) is 17.5 Å². The molecular formula is C23H27ClN4O2. The molecule has 1 atom stereocenters. The number of piperazine rings is 1. The first-order chi connectivity index (χ1) is 14.4. The molecule has 2 heterocycles. The number of benzene rings is 2. The van der Waals surface area contributed by atoms with Crippen LogP contribution in [-0.4, -0.2) is 55.6 Å². The van der Waals surface area contributed by atoms with Crippen LogP contribution in [0.15, 0.2) is 42.5 Å². The van der Waals surface area contributed by atoms with E-state index in [-0.39, 0.29) is 18.0 Å². The highest BCUT2D eigenvalue weighted by atomic mass is 35.5. The van der Waals surface area contributed by atoms with Gasteiger partial charge in [0, 0.05) is 55.5 Å². The maximum Gasteiger partial charge on any atom is 0.317 e. The lowest BCUT2D eigenvalue weighted by Crippen LogP contribution is -2.53. The normalized spacial score (nSPS) is 19.4. The molecule has 4 rings (SSSR count). The van der Waals surface area contributed by atoms with E-state index in [1.807, 2.05) is 54.3 Å². The maximum atomic E-state index is 12.7. The lowest BCUT2D eigenvalue weighted by Gasteiger charge is -2.36. The third-order valence-electron chi connectivity index (χ3n) is 6.00. The van der Waals surface area contributed by atoms with Crippen molar-refractivity contribution in [2.24, 2.45) is 0 Å². The number of halogens is 1. The molecule has 2 aromatic rings. The predicted molar refractivity (Wildman–Crippen MR) is 120 cm³/mol. The first-order valence-electron chi connectivity index (χ1n) is 10.3.